The molecule has 3 aromatic rings. The van der Waals surface area contributed by atoms with E-state index in [4.69, 9.17) is 6.42 Å². The molecule has 1 aromatic carbocycles. The van der Waals surface area contributed by atoms with E-state index in [-0.39, 0.29) is 17.4 Å². The van der Waals surface area contributed by atoms with Crippen LogP contribution in [0, 0.1) is 12.3 Å². The van der Waals surface area contributed by atoms with Crippen molar-refractivity contribution in [1.82, 2.24) is 19.5 Å². The third kappa shape index (κ3) is 3.78. The van der Waals surface area contributed by atoms with Crippen molar-refractivity contribution >= 4 is 17.3 Å². The summed E-state index contributed by atoms with van der Waals surface area (Å²) in [4.78, 5) is 29.5. The van der Waals surface area contributed by atoms with Crippen molar-refractivity contribution in [2.45, 2.75) is 12.8 Å². The number of carbonyl (C=O) groups is 2. The number of likely N-dealkylation sites (tertiary alicyclic amines) is 1. The molecule has 6 nitrogen and oxygen atoms in total. The fourth-order valence-electron chi connectivity index (χ4n) is 2.66. The van der Waals surface area contributed by atoms with Crippen LogP contribution in [0.3, 0.4) is 0 Å². The van der Waals surface area contributed by atoms with Gasteiger partial charge in [0.1, 0.15) is 11.3 Å². The van der Waals surface area contributed by atoms with Crippen LogP contribution in [0.5, 0.6) is 0 Å². The smallest absolute Gasteiger partial charge is 0.275 e. The normalized spacial score (nSPS) is 13.7. The monoisotopic (exact) mass is 346 g/mol. The van der Waals surface area contributed by atoms with Crippen LogP contribution in [0.15, 0.2) is 54.9 Å². The Morgan fingerprint density at radius 1 is 1.04 bits per heavy atom. The van der Waals surface area contributed by atoms with Gasteiger partial charge in [0.2, 0.25) is 0 Å². The van der Waals surface area contributed by atoms with E-state index < -0.39 is 0 Å². The Kier molecular flexibility index (Phi) is 5.40. The standard InChI is InChI=1S/C14H12N4O2.C6H6/c1-2-11-12(16-18-7-3-6-15-13(11)18)14(20)17-8-4-10(19)5-9-17;1-2-4-6-5-3-1/h1,3,6-7H,4-5,8-9H2;1-6H. The molecule has 1 saturated heterocycles. The van der Waals surface area contributed by atoms with Crippen molar-refractivity contribution in [3.8, 4) is 12.3 Å². The Morgan fingerprint density at radius 3 is 2.23 bits per heavy atom. The first-order chi connectivity index (χ1) is 12.7. The van der Waals surface area contributed by atoms with E-state index in [9.17, 15) is 9.59 Å². The second kappa shape index (κ2) is 8.08. The average molecular weight is 346 g/mol. The molecule has 4 rings (SSSR count). The largest absolute Gasteiger partial charge is 0.336 e. The summed E-state index contributed by atoms with van der Waals surface area (Å²) < 4.78 is 1.50. The van der Waals surface area contributed by atoms with Crippen molar-refractivity contribution in [2.75, 3.05) is 13.1 Å². The van der Waals surface area contributed by atoms with E-state index in [0.717, 1.165) is 0 Å². The van der Waals surface area contributed by atoms with Crippen molar-refractivity contribution in [1.29, 1.82) is 0 Å². The number of rotatable bonds is 1. The number of nitrogens with zero attached hydrogens (tertiary/aromatic N) is 4. The number of terminal acetylenes is 1. The highest BCUT2D eigenvalue weighted by atomic mass is 16.2. The Morgan fingerprint density at radius 2 is 1.65 bits per heavy atom. The number of fused-ring (bicyclic) bond motifs is 1. The molecular formula is C20H18N4O2. The number of hydrogen-bond acceptors (Lipinski definition) is 4. The molecule has 0 saturated carbocycles. The second-order valence-electron chi connectivity index (χ2n) is 5.74. The van der Waals surface area contributed by atoms with Gasteiger partial charge in [-0.1, -0.05) is 42.3 Å². The minimum Gasteiger partial charge on any atom is -0.336 e. The van der Waals surface area contributed by atoms with Gasteiger partial charge in [0.25, 0.3) is 5.91 Å². The van der Waals surface area contributed by atoms with E-state index in [1.54, 1.807) is 23.4 Å². The minimum atomic E-state index is -0.240. The van der Waals surface area contributed by atoms with E-state index in [1.807, 2.05) is 36.4 Å². The SMILES string of the molecule is C#Cc1c(C(=O)N2CCC(=O)CC2)nn2cccnc12.c1ccccc1. The van der Waals surface area contributed by atoms with Gasteiger partial charge in [0.15, 0.2) is 11.3 Å². The Labute approximate surface area is 151 Å². The molecule has 0 N–H and O–H groups in total. The summed E-state index contributed by atoms with van der Waals surface area (Å²) >= 11 is 0. The summed E-state index contributed by atoms with van der Waals surface area (Å²) in [5.74, 6) is 2.43. The highest BCUT2D eigenvalue weighted by Crippen LogP contribution is 2.16. The van der Waals surface area contributed by atoms with Crippen LogP contribution in [0.4, 0.5) is 0 Å². The summed E-state index contributed by atoms with van der Waals surface area (Å²) in [6.45, 7) is 0.839. The lowest BCUT2D eigenvalue weighted by Gasteiger charge is -2.25. The molecule has 1 aliphatic heterocycles. The van der Waals surface area contributed by atoms with Crippen LogP contribution in [-0.2, 0) is 4.79 Å². The molecule has 1 amide bonds. The topological polar surface area (TPSA) is 67.6 Å². The van der Waals surface area contributed by atoms with Crippen molar-refractivity contribution in [3.05, 3.63) is 66.1 Å². The quantitative estimate of drug-likeness (QED) is 0.634. The lowest BCUT2D eigenvalue weighted by Crippen LogP contribution is -2.39. The highest BCUT2D eigenvalue weighted by molar-refractivity contribution is 5.97. The molecule has 0 radical (unpaired) electrons. The summed E-state index contributed by atoms with van der Waals surface area (Å²) in [5.41, 5.74) is 1.11. The van der Waals surface area contributed by atoms with Gasteiger partial charge in [0, 0.05) is 38.3 Å². The molecule has 0 atom stereocenters. The summed E-state index contributed by atoms with van der Waals surface area (Å²) in [7, 11) is 0. The number of ketones is 1. The second-order valence-corrected chi connectivity index (χ2v) is 5.74. The molecule has 0 aliphatic carbocycles. The van der Waals surface area contributed by atoms with Crippen molar-refractivity contribution < 1.29 is 9.59 Å². The molecule has 3 heterocycles. The first-order valence-electron chi connectivity index (χ1n) is 8.31. The summed E-state index contributed by atoms with van der Waals surface area (Å²) in [6, 6.07) is 13.7. The molecule has 26 heavy (non-hydrogen) atoms. The third-order valence-electron chi connectivity index (χ3n) is 4.02. The Balaban J connectivity index is 0.000000278. The number of amides is 1. The van der Waals surface area contributed by atoms with Gasteiger partial charge in [-0.05, 0) is 6.07 Å². The van der Waals surface area contributed by atoms with Gasteiger partial charge < -0.3 is 4.90 Å². The molecule has 2 aromatic heterocycles. The van der Waals surface area contributed by atoms with Crippen molar-refractivity contribution in [3.63, 3.8) is 0 Å². The average Bonchev–Trinajstić information content (AvgIpc) is 3.08. The van der Waals surface area contributed by atoms with Gasteiger partial charge in [0.05, 0.1) is 0 Å². The van der Waals surface area contributed by atoms with Gasteiger partial charge in [-0.3, -0.25) is 9.59 Å². The zero-order chi connectivity index (χ0) is 18.4. The predicted octanol–water partition coefficient (Wildman–Crippen LogP) is 2.20. The van der Waals surface area contributed by atoms with Crippen LogP contribution >= 0.6 is 0 Å². The zero-order valence-corrected chi connectivity index (χ0v) is 14.2. The number of aromatic nitrogens is 3. The van der Waals surface area contributed by atoms with Gasteiger partial charge in [-0.25, -0.2) is 9.50 Å². The first-order valence-corrected chi connectivity index (χ1v) is 8.31. The highest BCUT2D eigenvalue weighted by Gasteiger charge is 2.26. The predicted molar refractivity (Wildman–Crippen MR) is 97.5 cm³/mol. The maximum Gasteiger partial charge on any atom is 0.275 e. The van der Waals surface area contributed by atoms with Crippen molar-refractivity contribution in [2.24, 2.45) is 0 Å². The van der Waals surface area contributed by atoms with Crippen LogP contribution in [0.1, 0.15) is 28.9 Å². The molecule has 0 spiro atoms. The number of benzene rings is 1. The van der Waals surface area contributed by atoms with Crippen LogP contribution in [-0.4, -0.2) is 44.3 Å². The minimum absolute atomic E-state index is 0.183. The van der Waals surface area contributed by atoms with Gasteiger partial charge in [-0.15, -0.1) is 6.42 Å². The van der Waals surface area contributed by atoms with Crippen LogP contribution in [0.25, 0.3) is 5.65 Å². The van der Waals surface area contributed by atoms with Crippen LogP contribution in [0.2, 0.25) is 0 Å². The van der Waals surface area contributed by atoms with E-state index in [0.29, 0.717) is 37.1 Å². The molecule has 130 valence electrons. The van der Waals surface area contributed by atoms with Gasteiger partial charge >= 0.3 is 0 Å². The molecule has 1 aliphatic rings. The van der Waals surface area contributed by atoms with Gasteiger partial charge in [-0.2, -0.15) is 5.10 Å². The number of Topliss-reactive ketones (excluding diaryl/α,β-unsaturated/α-hetero) is 1. The number of carbonyl (C=O) groups excluding carboxylic acids is 2. The lowest BCUT2D eigenvalue weighted by molar-refractivity contribution is -0.120. The van der Waals surface area contributed by atoms with Crippen LogP contribution < -0.4 is 0 Å². The first kappa shape index (κ1) is 17.4. The molecule has 0 bridgehead atoms. The zero-order valence-electron chi connectivity index (χ0n) is 14.2. The van der Waals surface area contributed by atoms with E-state index in [1.165, 1.54) is 4.52 Å². The maximum atomic E-state index is 12.5. The van der Waals surface area contributed by atoms with E-state index >= 15 is 0 Å². The lowest BCUT2D eigenvalue weighted by atomic mass is 10.1. The fraction of sp³-hybridized carbons (Fsp3) is 0.200. The Bertz CT molecular complexity index is 920. The number of hydrogen-bond donors (Lipinski definition) is 0. The molecule has 1 fully saturated rings. The summed E-state index contributed by atoms with van der Waals surface area (Å²) in [5, 5.41) is 4.21. The maximum absolute atomic E-state index is 12.5. The Hall–Kier alpha value is -3.46. The third-order valence-corrected chi connectivity index (χ3v) is 4.02. The fourth-order valence-corrected chi connectivity index (χ4v) is 2.66. The molecular weight excluding hydrogens is 328 g/mol. The summed E-state index contributed by atoms with van der Waals surface area (Å²) in [6.07, 6.45) is 9.56. The van der Waals surface area contributed by atoms with E-state index in [2.05, 4.69) is 16.0 Å². The number of piperidine rings is 1. The molecule has 6 heteroatoms. The molecule has 0 unspecified atom stereocenters.